The van der Waals surface area contributed by atoms with Crippen LogP contribution in [0.5, 0.6) is 0 Å². The molecule has 0 aliphatic rings. The minimum atomic E-state index is -3.96. The maximum absolute atomic E-state index is 13.6. The lowest BCUT2D eigenvalue weighted by Gasteiger charge is -2.14. The fourth-order valence-electron chi connectivity index (χ4n) is 1.67. The number of nitrogens with zero attached hydrogens (tertiary/aromatic N) is 3. The largest absolute Gasteiger partial charge is 0.251 e. The average molecular weight is 319 g/mol. The Balaban J connectivity index is 2.14. The lowest BCUT2D eigenvalue weighted by atomic mass is 10.3. The number of hydrogen-bond acceptors (Lipinski definition) is 4. The van der Waals surface area contributed by atoms with Gasteiger partial charge in [-0.3, -0.25) is 4.68 Å². The fraction of sp³-hybridized carbons (Fsp3) is 0.273. The SMILES string of the molecule is C[C@H](Cn1cncn1)NS(=O)(=O)c1ccc(Cl)cc1F. The summed E-state index contributed by atoms with van der Waals surface area (Å²) in [5.41, 5.74) is 0. The first-order valence-corrected chi connectivity index (χ1v) is 7.54. The number of hydrogen-bond donors (Lipinski definition) is 1. The van der Waals surface area contributed by atoms with Crippen LogP contribution in [-0.4, -0.2) is 29.2 Å². The fourth-order valence-corrected chi connectivity index (χ4v) is 3.12. The molecule has 6 nitrogen and oxygen atoms in total. The zero-order valence-electron chi connectivity index (χ0n) is 10.5. The number of aromatic nitrogens is 3. The second kappa shape index (κ2) is 5.86. The van der Waals surface area contributed by atoms with E-state index < -0.39 is 26.8 Å². The molecular formula is C11H12ClFN4O2S. The van der Waals surface area contributed by atoms with Crippen LogP contribution in [0.2, 0.25) is 5.02 Å². The van der Waals surface area contributed by atoms with E-state index in [-0.39, 0.29) is 11.6 Å². The highest BCUT2D eigenvalue weighted by Crippen LogP contribution is 2.19. The predicted octanol–water partition coefficient (Wildman–Crippen LogP) is 1.44. The smallest absolute Gasteiger partial charge is 0.243 e. The molecule has 2 rings (SSSR count). The van der Waals surface area contributed by atoms with E-state index in [0.29, 0.717) is 0 Å². The van der Waals surface area contributed by atoms with Gasteiger partial charge in [-0.1, -0.05) is 11.6 Å². The summed E-state index contributed by atoms with van der Waals surface area (Å²) in [5, 5.41) is 4.00. The van der Waals surface area contributed by atoms with Crippen molar-refractivity contribution < 1.29 is 12.8 Å². The Hall–Kier alpha value is -1.51. The average Bonchev–Trinajstić information content (AvgIpc) is 2.79. The van der Waals surface area contributed by atoms with Gasteiger partial charge in [-0.25, -0.2) is 22.5 Å². The van der Waals surface area contributed by atoms with E-state index >= 15 is 0 Å². The van der Waals surface area contributed by atoms with Gasteiger partial charge >= 0.3 is 0 Å². The van der Waals surface area contributed by atoms with Crippen LogP contribution < -0.4 is 4.72 Å². The molecule has 0 fully saturated rings. The summed E-state index contributed by atoms with van der Waals surface area (Å²) in [7, 11) is -3.96. The monoisotopic (exact) mass is 318 g/mol. The number of benzene rings is 1. The molecule has 0 unspecified atom stereocenters. The zero-order chi connectivity index (χ0) is 14.8. The van der Waals surface area contributed by atoms with Crippen LogP contribution in [0, 0.1) is 5.82 Å². The van der Waals surface area contributed by atoms with Gasteiger partial charge in [0.15, 0.2) is 0 Å². The number of halogens is 2. The standard InChI is InChI=1S/C11H12ClFN4O2S/c1-8(5-17-7-14-6-15-17)16-20(18,19)11-3-2-9(12)4-10(11)13/h2-4,6-8,16H,5H2,1H3/t8-/m1/s1. The van der Waals surface area contributed by atoms with Crippen LogP contribution in [0.15, 0.2) is 35.7 Å². The highest BCUT2D eigenvalue weighted by atomic mass is 35.5. The molecule has 1 aromatic carbocycles. The van der Waals surface area contributed by atoms with Gasteiger partial charge in [0.25, 0.3) is 0 Å². The number of sulfonamides is 1. The number of nitrogens with one attached hydrogen (secondary N) is 1. The van der Waals surface area contributed by atoms with Gasteiger partial charge in [0, 0.05) is 11.1 Å². The van der Waals surface area contributed by atoms with Gasteiger partial charge in [-0.15, -0.1) is 0 Å². The molecule has 0 aliphatic heterocycles. The van der Waals surface area contributed by atoms with Crippen molar-refractivity contribution in [3.05, 3.63) is 41.7 Å². The van der Waals surface area contributed by atoms with E-state index in [1.54, 1.807) is 6.92 Å². The summed E-state index contributed by atoms with van der Waals surface area (Å²) in [6.07, 6.45) is 2.81. The van der Waals surface area contributed by atoms with Crippen LogP contribution in [-0.2, 0) is 16.6 Å². The van der Waals surface area contributed by atoms with Crippen LogP contribution in [0.4, 0.5) is 4.39 Å². The number of rotatable bonds is 5. The molecule has 0 saturated heterocycles. The van der Waals surface area contributed by atoms with Crippen molar-refractivity contribution in [1.29, 1.82) is 0 Å². The van der Waals surface area contributed by atoms with E-state index in [1.165, 1.54) is 23.4 Å². The summed E-state index contributed by atoms with van der Waals surface area (Å²) < 4.78 is 41.6. The molecule has 9 heteroatoms. The molecule has 1 aromatic heterocycles. The molecule has 20 heavy (non-hydrogen) atoms. The maximum atomic E-state index is 13.6. The van der Waals surface area contributed by atoms with Crippen molar-refractivity contribution in [2.45, 2.75) is 24.4 Å². The van der Waals surface area contributed by atoms with Gasteiger partial charge in [0.1, 0.15) is 23.4 Å². The van der Waals surface area contributed by atoms with E-state index in [4.69, 9.17) is 11.6 Å². The molecule has 0 amide bonds. The highest BCUT2D eigenvalue weighted by molar-refractivity contribution is 7.89. The van der Waals surface area contributed by atoms with Crippen molar-refractivity contribution in [1.82, 2.24) is 19.5 Å². The molecule has 0 aliphatic carbocycles. The third-order valence-corrected chi connectivity index (χ3v) is 4.33. The van der Waals surface area contributed by atoms with Gasteiger partial charge in [0.2, 0.25) is 10.0 Å². The molecule has 0 bridgehead atoms. The zero-order valence-corrected chi connectivity index (χ0v) is 12.1. The lowest BCUT2D eigenvalue weighted by molar-refractivity contribution is 0.489. The van der Waals surface area contributed by atoms with Gasteiger partial charge in [-0.2, -0.15) is 5.10 Å². The molecule has 2 aromatic rings. The quantitative estimate of drug-likeness (QED) is 0.905. The third kappa shape index (κ3) is 3.53. The van der Waals surface area contributed by atoms with E-state index in [1.807, 2.05) is 0 Å². The van der Waals surface area contributed by atoms with Crippen molar-refractivity contribution in [3.8, 4) is 0 Å². The molecule has 1 heterocycles. The summed E-state index contributed by atoms with van der Waals surface area (Å²) >= 11 is 5.59. The Morgan fingerprint density at radius 1 is 1.50 bits per heavy atom. The first kappa shape index (κ1) is 14.9. The van der Waals surface area contributed by atoms with E-state index in [0.717, 1.165) is 12.1 Å². The molecule has 0 spiro atoms. The Labute approximate surface area is 120 Å². The Kier molecular flexibility index (Phi) is 4.36. The first-order chi connectivity index (χ1) is 9.38. The van der Waals surface area contributed by atoms with Gasteiger partial charge in [-0.05, 0) is 25.1 Å². The lowest BCUT2D eigenvalue weighted by Crippen LogP contribution is -2.36. The van der Waals surface area contributed by atoms with Crippen LogP contribution >= 0.6 is 11.6 Å². The van der Waals surface area contributed by atoms with Gasteiger partial charge in [0.05, 0.1) is 6.54 Å². The maximum Gasteiger partial charge on any atom is 0.243 e. The molecule has 0 saturated carbocycles. The molecule has 0 radical (unpaired) electrons. The van der Waals surface area contributed by atoms with Crippen LogP contribution in [0.3, 0.4) is 0 Å². The van der Waals surface area contributed by atoms with Crippen molar-refractivity contribution in [3.63, 3.8) is 0 Å². The first-order valence-electron chi connectivity index (χ1n) is 5.68. The molecular weight excluding hydrogens is 307 g/mol. The second-order valence-corrected chi connectivity index (χ2v) is 6.33. The van der Waals surface area contributed by atoms with Crippen LogP contribution in [0.25, 0.3) is 0 Å². The Morgan fingerprint density at radius 2 is 2.25 bits per heavy atom. The summed E-state index contributed by atoms with van der Waals surface area (Å²) in [5.74, 6) is -0.891. The summed E-state index contributed by atoms with van der Waals surface area (Å²) in [6, 6.07) is 2.93. The van der Waals surface area contributed by atoms with Crippen molar-refractivity contribution in [2.75, 3.05) is 0 Å². The molecule has 1 atom stereocenters. The topological polar surface area (TPSA) is 76.9 Å². The second-order valence-electron chi connectivity index (χ2n) is 4.21. The van der Waals surface area contributed by atoms with Crippen LogP contribution in [0.1, 0.15) is 6.92 Å². The predicted molar refractivity (Wildman–Crippen MR) is 71.2 cm³/mol. The molecule has 108 valence electrons. The normalized spacial score (nSPS) is 13.3. The summed E-state index contributed by atoms with van der Waals surface area (Å²) in [6.45, 7) is 1.93. The Bertz CT molecular complexity index is 690. The van der Waals surface area contributed by atoms with Gasteiger partial charge < -0.3 is 0 Å². The van der Waals surface area contributed by atoms with Crippen molar-refractivity contribution >= 4 is 21.6 Å². The summed E-state index contributed by atoms with van der Waals surface area (Å²) in [4.78, 5) is 3.32. The minimum absolute atomic E-state index is 0.136. The Morgan fingerprint density at radius 3 is 2.85 bits per heavy atom. The van der Waals surface area contributed by atoms with Crippen molar-refractivity contribution in [2.24, 2.45) is 0 Å². The third-order valence-electron chi connectivity index (χ3n) is 2.47. The minimum Gasteiger partial charge on any atom is -0.251 e. The molecule has 1 N–H and O–H groups in total. The highest BCUT2D eigenvalue weighted by Gasteiger charge is 2.21. The van der Waals surface area contributed by atoms with E-state index in [2.05, 4.69) is 14.8 Å². The van der Waals surface area contributed by atoms with E-state index in [9.17, 15) is 12.8 Å².